The van der Waals surface area contributed by atoms with Crippen molar-refractivity contribution in [1.29, 1.82) is 5.26 Å². The second-order valence-corrected chi connectivity index (χ2v) is 8.05. The summed E-state index contributed by atoms with van der Waals surface area (Å²) < 4.78 is 38.0. The van der Waals surface area contributed by atoms with Gasteiger partial charge in [0.2, 0.25) is 0 Å². The van der Waals surface area contributed by atoms with Gasteiger partial charge in [0.1, 0.15) is 17.3 Å². The van der Waals surface area contributed by atoms with E-state index in [0.717, 1.165) is 5.75 Å². The van der Waals surface area contributed by atoms with E-state index in [1.165, 1.54) is 12.1 Å². The third-order valence-corrected chi connectivity index (χ3v) is 6.59. The molecule has 0 N–H and O–H groups in total. The number of nitrogens with zero attached hydrogens (tertiary/aromatic N) is 2. The van der Waals surface area contributed by atoms with Crippen molar-refractivity contribution in [2.24, 2.45) is 0 Å². The van der Waals surface area contributed by atoms with Gasteiger partial charge in [0, 0.05) is 29.5 Å². The normalized spacial score (nSPS) is 19.6. The van der Waals surface area contributed by atoms with Gasteiger partial charge in [-0.1, -0.05) is 6.92 Å². The molecule has 0 aliphatic carbocycles. The minimum atomic E-state index is -3.23. The molecule has 7 heteroatoms. The third kappa shape index (κ3) is 2.91. The lowest BCUT2D eigenvalue weighted by atomic mass is 10.2. The lowest BCUT2D eigenvalue weighted by Gasteiger charge is -2.36. The molecular weight excluding hydrogens is 299 g/mol. The molecule has 1 aliphatic heterocycles. The van der Waals surface area contributed by atoms with E-state index in [1.54, 1.807) is 35.7 Å². The van der Waals surface area contributed by atoms with Gasteiger partial charge in [-0.05, 0) is 18.2 Å². The van der Waals surface area contributed by atoms with Gasteiger partial charge in [-0.25, -0.2) is 12.8 Å². The fraction of sp³-hybridized carbons (Fsp3) is 0.462. The second kappa shape index (κ2) is 6.02. The van der Waals surface area contributed by atoms with Crippen LogP contribution in [0.3, 0.4) is 0 Å². The molecule has 0 amide bonds. The van der Waals surface area contributed by atoms with Crippen LogP contribution in [-0.4, -0.2) is 37.6 Å². The quantitative estimate of drug-likeness (QED) is 0.854. The van der Waals surface area contributed by atoms with Gasteiger partial charge in [-0.2, -0.15) is 17.0 Å². The molecule has 2 rings (SSSR count). The van der Waals surface area contributed by atoms with Gasteiger partial charge in [0.05, 0.1) is 5.56 Å². The summed E-state index contributed by atoms with van der Waals surface area (Å²) in [6.45, 7) is 2.17. The highest BCUT2D eigenvalue weighted by molar-refractivity contribution is 8.01. The molecule has 0 bridgehead atoms. The highest BCUT2D eigenvalue weighted by Crippen LogP contribution is 2.28. The highest BCUT2D eigenvalue weighted by Gasteiger charge is 2.33. The number of nitriles is 1. The first-order chi connectivity index (χ1) is 9.49. The van der Waals surface area contributed by atoms with E-state index in [1.807, 2.05) is 0 Å². The standard InChI is InChI=1S/C13H15FN2O2S2/c1-2-20(17,18)13-9-19-6-5-16(13)11-4-3-10(8-15)12(14)7-11/h3-4,7,13H,2,5-6,9H2,1H3. The maximum Gasteiger partial charge on any atom is 0.171 e. The SMILES string of the molecule is CCS(=O)(=O)C1CSCCN1c1ccc(C#N)c(F)c1. The first kappa shape index (κ1) is 15.1. The van der Waals surface area contributed by atoms with E-state index in [4.69, 9.17) is 5.26 Å². The van der Waals surface area contributed by atoms with Crippen LogP contribution in [0.2, 0.25) is 0 Å². The predicted octanol–water partition coefficient (Wildman–Crippen LogP) is 2.01. The Balaban J connectivity index is 2.38. The maximum atomic E-state index is 13.7. The minimum absolute atomic E-state index is 0.0324. The maximum absolute atomic E-state index is 13.7. The molecule has 20 heavy (non-hydrogen) atoms. The van der Waals surface area contributed by atoms with E-state index in [2.05, 4.69) is 0 Å². The van der Waals surface area contributed by atoms with Gasteiger partial charge in [-0.15, -0.1) is 0 Å². The van der Waals surface area contributed by atoms with Crippen LogP contribution in [0, 0.1) is 17.1 Å². The van der Waals surface area contributed by atoms with E-state index < -0.39 is 21.0 Å². The van der Waals surface area contributed by atoms with Crippen LogP contribution in [0.4, 0.5) is 10.1 Å². The molecule has 1 aromatic rings. The van der Waals surface area contributed by atoms with Crippen LogP contribution in [-0.2, 0) is 9.84 Å². The third-order valence-electron chi connectivity index (χ3n) is 3.31. The number of sulfone groups is 1. The molecule has 1 heterocycles. The van der Waals surface area contributed by atoms with E-state index >= 15 is 0 Å². The number of hydrogen-bond donors (Lipinski definition) is 0. The number of halogens is 1. The molecule has 1 unspecified atom stereocenters. The van der Waals surface area contributed by atoms with E-state index in [9.17, 15) is 12.8 Å². The Morgan fingerprint density at radius 3 is 2.90 bits per heavy atom. The van der Waals surface area contributed by atoms with Crippen LogP contribution in [0.25, 0.3) is 0 Å². The van der Waals surface area contributed by atoms with Crippen molar-refractivity contribution in [1.82, 2.24) is 0 Å². The monoisotopic (exact) mass is 314 g/mol. The Morgan fingerprint density at radius 1 is 1.55 bits per heavy atom. The zero-order valence-electron chi connectivity index (χ0n) is 11.0. The van der Waals surface area contributed by atoms with Crippen molar-refractivity contribution in [2.45, 2.75) is 12.3 Å². The molecule has 1 aliphatic rings. The van der Waals surface area contributed by atoms with Crippen LogP contribution < -0.4 is 4.90 Å². The molecule has 1 fully saturated rings. The molecule has 0 radical (unpaired) electrons. The Hall–Kier alpha value is -1.26. The molecule has 0 aromatic heterocycles. The van der Waals surface area contributed by atoms with E-state index in [0.29, 0.717) is 18.0 Å². The number of rotatable bonds is 3. The first-order valence-corrected chi connectivity index (χ1v) is 9.12. The van der Waals surface area contributed by atoms with Crippen molar-refractivity contribution in [3.05, 3.63) is 29.6 Å². The van der Waals surface area contributed by atoms with Gasteiger partial charge in [-0.3, -0.25) is 0 Å². The first-order valence-electron chi connectivity index (χ1n) is 6.25. The average molecular weight is 314 g/mol. The summed E-state index contributed by atoms with van der Waals surface area (Å²) in [6.07, 6.45) is 0. The van der Waals surface area contributed by atoms with Crippen molar-refractivity contribution in [3.8, 4) is 6.07 Å². The smallest absolute Gasteiger partial charge is 0.171 e. The Morgan fingerprint density at radius 2 is 2.30 bits per heavy atom. The summed E-state index contributed by atoms with van der Waals surface area (Å²) >= 11 is 1.59. The highest BCUT2D eigenvalue weighted by atomic mass is 32.2. The topological polar surface area (TPSA) is 61.2 Å². The molecule has 1 atom stereocenters. The minimum Gasteiger partial charge on any atom is -0.353 e. The number of benzene rings is 1. The van der Waals surface area contributed by atoms with Crippen LogP contribution in [0.1, 0.15) is 12.5 Å². The second-order valence-electron chi connectivity index (χ2n) is 4.45. The Labute approximate surface area is 122 Å². The molecule has 0 spiro atoms. The summed E-state index contributed by atoms with van der Waals surface area (Å²) in [5.74, 6) is 0.735. The largest absolute Gasteiger partial charge is 0.353 e. The number of hydrogen-bond acceptors (Lipinski definition) is 5. The summed E-state index contributed by atoms with van der Waals surface area (Å²) in [5, 5.41) is 8.11. The summed E-state index contributed by atoms with van der Waals surface area (Å²) in [7, 11) is -3.23. The molecular formula is C13H15FN2O2S2. The van der Waals surface area contributed by atoms with Crippen molar-refractivity contribution in [2.75, 3.05) is 28.7 Å². The number of thioether (sulfide) groups is 1. The van der Waals surface area contributed by atoms with Crippen molar-refractivity contribution >= 4 is 27.3 Å². The van der Waals surface area contributed by atoms with Gasteiger partial charge in [0.15, 0.2) is 9.84 Å². The van der Waals surface area contributed by atoms with Gasteiger partial charge < -0.3 is 4.90 Å². The predicted molar refractivity (Wildman–Crippen MR) is 79.0 cm³/mol. The molecule has 0 saturated carbocycles. The zero-order valence-corrected chi connectivity index (χ0v) is 12.7. The molecule has 4 nitrogen and oxygen atoms in total. The molecule has 1 saturated heterocycles. The fourth-order valence-electron chi connectivity index (χ4n) is 2.14. The van der Waals surface area contributed by atoms with Gasteiger partial charge >= 0.3 is 0 Å². The lowest BCUT2D eigenvalue weighted by Crippen LogP contribution is -2.48. The molecule has 108 valence electrons. The van der Waals surface area contributed by atoms with Crippen molar-refractivity contribution < 1.29 is 12.8 Å². The average Bonchev–Trinajstić information content (AvgIpc) is 2.47. The van der Waals surface area contributed by atoms with Crippen LogP contribution in [0.15, 0.2) is 18.2 Å². The Bertz CT molecular complexity index is 640. The van der Waals surface area contributed by atoms with E-state index in [-0.39, 0.29) is 11.3 Å². The summed E-state index contributed by atoms with van der Waals surface area (Å²) in [5.41, 5.74) is 0.485. The summed E-state index contributed by atoms with van der Waals surface area (Å²) in [4.78, 5) is 1.72. The van der Waals surface area contributed by atoms with Crippen LogP contribution in [0.5, 0.6) is 0 Å². The lowest BCUT2D eigenvalue weighted by molar-refractivity contribution is 0.578. The molecule has 1 aromatic carbocycles. The number of anilines is 1. The fourth-order valence-corrected chi connectivity index (χ4v) is 5.13. The van der Waals surface area contributed by atoms with Crippen molar-refractivity contribution in [3.63, 3.8) is 0 Å². The zero-order chi connectivity index (χ0) is 14.8. The van der Waals surface area contributed by atoms with Gasteiger partial charge in [0.25, 0.3) is 0 Å². The summed E-state index contributed by atoms with van der Waals surface area (Å²) in [6, 6.07) is 6.00. The van der Waals surface area contributed by atoms with Crippen LogP contribution >= 0.6 is 11.8 Å². The Kier molecular flexibility index (Phi) is 4.55.